The lowest BCUT2D eigenvalue weighted by Gasteiger charge is -1.95. The second-order valence-electron chi connectivity index (χ2n) is 1.88. The number of pyridine rings is 1. The monoisotopic (exact) mass is 154 g/mol. The molecule has 5 heteroatoms. The summed E-state index contributed by atoms with van der Waals surface area (Å²) >= 11 is 0. The molecule has 0 amide bonds. The maximum absolute atomic E-state index is 10.2. The topological polar surface area (TPSA) is 76.3 Å². The first kappa shape index (κ1) is 7.62. The van der Waals surface area contributed by atoms with E-state index in [9.17, 15) is 10.1 Å². The zero-order valence-electron chi connectivity index (χ0n) is 5.60. The summed E-state index contributed by atoms with van der Waals surface area (Å²) in [5.41, 5.74) is -0.0486. The molecule has 0 atom stereocenters. The fraction of sp³-hybridized carbons (Fsp3) is 0.167. The molecule has 0 aliphatic carbocycles. The van der Waals surface area contributed by atoms with Gasteiger partial charge in [-0.15, -0.1) is 0 Å². The molecule has 58 valence electrons. The Morgan fingerprint density at radius 2 is 2.45 bits per heavy atom. The van der Waals surface area contributed by atoms with Gasteiger partial charge in [0.1, 0.15) is 5.69 Å². The molecule has 0 fully saturated rings. The normalized spacial score (nSPS) is 9.55. The van der Waals surface area contributed by atoms with Crippen LogP contribution < -0.4 is 0 Å². The van der Waals surface area contributed by atoms with E-state index in [4.69, 9.17) is 5.11 Å². The number of aliphatic hydroxyl groups excluding tert-OH is 1. The van der Waals surface area contributed by atoms with Crippen molar-refractivity contribution >= 4 is 5.69 Å². The number of nitrogens with zero attached hydrogens (tertiary/aromatic N) is 2. The predicted octanol–water partition coefficient (Wildman–Crippen LogP) is 0.482. The van der Waals surface area contributed by atoms with Crippen LogP contribution in [0.1, 0.15) is 5.69 Å². The Bertz CT molecular complexity index is 274. The summed E-state index contributed by atoms with van der Waals surface area (Å²) in [6, 6.07) is 2.76. The highest BCUT2D eigenvalue weighted by Crippen LogP contribution is 2.13. The van der Waals surface area contributed by atoms with Gasteiger partial charge in [-0.2, -0.15) is 0 Å². The standard InChI is InChI=1S/C6H6N2O3/c9-4-5-6(8(10)11)2-1-3-7-5/h1-3,9H,4H2. The van der Waals surface area contributed by atoms with Crippen LogP contribution in [-0.2, 0) is 6.61 Å². The van der Waals surface area contributed by atoms with E-state index in [0.29, 0.717) is 0 Å². The molecule has 0 aromatic carbocycles. The third-order valence-corrected chi connectivity index (χ3v) is 1.21. The number of hydrogen-bond donors (Lipinski definition) is 1. The molecule has 1 N–H and O–H groups in total. The van der Waals surface area contributed by atoms with Gasteiger partial charge in [-0.1, -0.05) is 0 Å². The van der Waals surface area contributed by atoms with Crippen molar-refractivity contribution in [3.63, 3.8) is 0 Å². The van der Waals surface area contributed by atoms with E-state index in [1.807, 2.05) is 0 Å². The largest absolute Gasteiger partial charge is 0.390 e. The van der Waals surface area contributed by atoms with Gasteiger partial charge >= 0.3 is 0 Å². The molecule has 1 aromatic heterocycles. The van der Waals surface area contributed by atoms with Gasteiger partial charge in [0.05, 0.1) is 11.5 Å². The minimum atomic E-state index is -0.571. The first-order chi connectivity index (χ1) is 5.25. The maximum atomic E-state index is 10.2. The summed E-state index contributed by atoms with van der Waals surface area (Å²) < 4.78 is 0. The molecule has 5 nitrogen and oxygen atoms in total. The van der Waals surface area contributed by atoms with Crippen LogP contribution in [0.15, 0.2) is 18.3 Å². The van der Waals surface area contributed by atoms with Crippen LogP contribution in [0, 0.1) is 10.1 Å². The summed E-state index contributed by atoms with van der Waals surface area (Å²) in [6.45, 7) is -0.406. The lowest BCUT2D eigenvalue weighted by molar-refractivity contribution is -0.386. The number of nitro groups is 1. The van der Waals surface area contributed by atoms with Crippen LogP contribution in [0.3, 0.4) is 0 Å². The van der Waals surface area contributed by atoms with E-state index in [-0.39, 0.29) is 11.4 Å². The Kier molecular flexibility index (Phi) is 2.12. The number of hydrogen-bond acceptors (Lipinski definition) is 4. The van der Waals surface area contributed by atoms with Crippen LogP contribution in [0.5, 0.6) is 0 Å². The molecule has 0 saturated carbocycles. The van der Waals surface area contributed by atoms with Gasteiger partial charge in [-0.25, -0.2) is 0 Å². The fourth-order valence-corrected chi connectivity index (χ4v) is 0.718. The average molecular weight is 154 g/mol. The molecular weight excluding hydrogens is 148 g/mol. The predicted molar refractivity (Wildman–Crippen MR) is 36.8 cm³/mol. The first-order valence-corrected chi connectivity index (χ1v) is 2.95. The lowest BCUT2D eigenvalue weighted by atomic mass is 10.3. The van der Waals surface area contributed by atoms with E-state index in [1.165, 1.54) is 18.3 Å². The Balaban J connectivity index is 3.12. The molecule has 0 aliphatic rings. The summed E-state index contributed by atoms with van der Waals surface area (Å²) in [5, 5.41) is 18.8. The van der Waals surface area contributed by atoms with Gasteiger partial charge < -0.3 is 5.11 Å². The second kappa shape index (κ2) is 3.07. The molecule has 0 saturated heterocycles. The number of rotatable bonds is 2. The minimum absolute atomic E-state index is 0.0949. The fourth-order valence-electron chi connectivity index (χ4n) is 0.718. The van der Waals surface area contributed by atoms with Crippen molar-refractivity contribution in [3.05, 3.63) is 34.1 Å². The minimum Gasteiger partial charge on any atom is -0.390 e. The molecule has 0 aliphatic heterocycles. The van der Waals surface area contributed by atoms with E-state index in [1.54, 1.807) is 0 Å². The van der Waals surface area contributed by atoms with Crippen LogP contribution in [0.4, 0.5) is 5.69 Å². The van der Waals surface area contributed by atoms with Gasteiger partial charge in [-0.05, 0) is 6.07 Å². The summed E-state index contributed by atoms with van der Waals surface area (Å²) in [4.78, 5) is 13.3. The van der Waals surface area contributed by atoms with Crippen LogP contribution in [-0.4, -0.2) is 15.0 Å². The first-order valence-electron chi connectivity index (χ1n) is 2.95. The number of aromatic nitrogens is 1. The Labute approximate surface area is 62.5 Å². The zero-order valence-corrected chi connectivity index (χ0v) is 5.60. The van der Waals surface area contributed by atoms with Crippen molar-refractivity contribution in [3.8, 4) is 0 Å². The van der Waals surface area contributed by atoms with Gasteiger partial charge in [-0.3, -0.25) is 15.1 Å². The van der Waals surface area contributed by atoms with Crippen LogP contribution >= 0.6 is 0 Å². The van der Waals surface area contributed by atoms with E-state index >= 15 is 0 Å². The summed E-state index contributed by atoms with van der Waals surface area (Å²) in [7, 11) is 0. The van der Waals surface area contributed by atoms with E-state index in [0.717, 1.165) is 0 Å². The Hall–Kier alpha value is -1.49. The molecular formula is C6H6N2O3. The van der Waals surface area contributed by atoms with Crippen molar-refractivity contribution < 1.29 is 10.0 Å². The molecule has 1 rings (SSSR count). The second-order valence-corrected chi connectivity index (χ2v) is 1.88. The highest BCUT2D eigenvalue weighted by molar-refractivity contribution is 5.33. The molecule has 1 aromatic rings. The third kappa shape index (κ3) is 1.50. The maximum Gasteiger partial charge on any atom is 0.293 e. The SMILES string of the molecule is O=[N+]([O-])c1cccnc1CO. The quantitative estimate of drug-likeness (QED) is 0.496. The van der Waals surface area contributed by atoms with Crippen molar-refractivity contribution in [1.29, 1.82) is 0 Å². The highest BCUT2D eigenvalue weighted by Gasteiger charge is 2.11. The van der Waals surface area contributed by atoms with E-state index in [2.05, 4.69) is 4.98 Å². The molecule has 1 heterocycles. The van der Waals surface area contributed by atoms with Crippen molar-refractivity contribution in [2.75, 3.05) is 0 Å². The average Bonchev–Trinajstić information content (AvgIpc) is 2.04. The zero-order chi connectivity index (χ0) is 8.27. The lowest BCUT2D eigenvalue weighted by Crippen LogP contribution is -1.97. The Morgan fingerprint density at radius 3 is 2.91 bits per heavy atom. The summed E-state index contributed by atoms with van der Waals surface area (Å²) in [6.07, 6.45) is 1.40. The highest BCUT2D eigenvalue weighted by atomic mass is 16.6. The van der Waals surface area contributed by atoms with Crippen molar-refractivity contribution in [2.24, 2.45) is 0 Å². The van der Waals surface area contributed by atoms with Gasteiger partial charge in [0.25, 0.3) is 5.69 Å². The Morgan fingerprint density at radius 1 is 1.73 bits per heavy atom. The van der Waals surface area contributed by atoms with Gasteiger partial charge in [0.2, 0.25) is 0 Å². The van der Waals surface area contributed by atoms with Crippen LogP contribution in [0.2, 0.25) is 0 Å². The molecule has 0 bridgehead atoms. The number of aliphatic hydroxyl groups is 1. The van der Waals surface area contributed by atoms with Gasteiger partial charge in [0, 0.05) is 12.3 Å². The van der Waals surface area contributed by atoms with Gasteiger partial charge in [0.15, 0.2) is 0 Å². The molecule has 0 unspecified atom stereocenters. The van der Waals surface area contributed by atoms with E-state index < -0.39 is 11.5 Å². The molecule has 0 spiro atoms. The summed E-state index contributed by atoms with van der Waals surface area (Å²) in [5.74, 6) is 0. The molecule has 0 radical (unpaired) electrons. The third-order valence-electron chi connectivity index (χ3n) is 1.21. The molecule has 11 heavy (non-hydrogen) atoms. The van der Waals surface area contributed by atoms with Crippen molar-refractivity contribution in [2.45, 2.75) is 6.61 Å². The van der Waals surface area contributed by atoms with Crippen LogP contribution in [0.25, 0.3) is 0 Å². The smallest absolute Gasteiger partial charge is 0.293 e. The van der Waals surface area contributed by atoms with Crippen molar-refractivity contribution in [1.82, 2.24) is 4.98 Å².